The van der Waals surface area contributed by atoms with E-state index >= 15 is 0 Å². The van der Waals surface area contributed by atoms with Crippen LogP contribution in [0.15, 0.2) is 39.8 Å². The van der Waals surface area contributed by atoms with Crippen LogP contribution in [-0.4, -0.2) is 6.54 Å². The van der Waals surface area contributed by atoms with Crippen molar-refractivity contribution in [1.82, 2.24) is 0 Å². The Morgan fingerprint density at radius 2 is 1.94 bits per heavy atom. The first-order valence-electron chi connectivity index (χ1n) is 5.66. The molecule has 1 N–H and O–H groups in total. The number of thiol groups is 1. The van der Waals surface area contributed by atoms with E-state index < -0.39 is 10.9 Å². The van der Waals surface area contributed by atoms with Gasteiger partial charge in [0.15, 0.2) is 0 Å². The molecular formula is C13H13NO3S. The van der Waals surface area contributed by atoms with Gasteiger partial charge in [0.05, 0.1) is 23.8 Å². The van der Waals surface area contributed by atoms with Gasteiger partial charge in [0.2, 0.25) is 10.9 Å². The molecule has 0 saturated carbocycles. The van der Waals surface area contributed by atoms with Crippen molar-refractivity contribution in [3.63, 3.8) is 0 Å². The highest BCUT2D eigenvalue weighted by Gasteiger charge is 2.23. The van der Waals surface area contributed by atoms with Gasteiger partial charge in [-0.1, -0.05) is 6.92 Å². The minimum absolute atomic E-state index is 0.364. The van der Waals surface area contributed by atoms with Crippen LogP contribution in [0.25, 0.3) is 4.91 Å². The molecule has 4 nitrogen and oxygen atoms in total. The largest absolute Gasteiger partial charge is 0.473 e. The van der Waals surface area contributed by atoms with Gasteiger partial charge < -0.3 is 10.1 Å². The van der Waals surface area contributed by atoms with Crippen molar-refractivity contribution in [2.75, 3.05) is 11.9 Å². The van der Waals surface area contributed by atoms with Gasteiger partial charge in [0.1, 0.15) is 0 Å². The first kappa shape index (κ1) is 12.7. The van der Waals surface area contributed by atoms with Crippen molar-refractivity contribution >= 4 is 23.2 Å². The topological polar surface area (TPSA) is 55.4 Å². The predicted octanol–water partition coefficient (Wildman–Crippen LogP) is 1.80. The van der Waals surface area contributed by atoms with Gasteiger partial charge in [-0.2, -0.15) is 0 Å². The van der Waals surface area contributed by atoms with E-state index in [-0.39, 0.29) is 0 Å². The highest BCUT2D eigenvalue weighted by Crippen LogP contribution is 2.28. The van der Waals surface area contributed by atoms with E-state index in [1.165, 1.54) is 12.5 Å². The Balaban J connectivity index is 2.40. The van der Waals surface area contributed by atoms with Gasteiger partial charge in [0.25, 0.3) is 0 Å². The molecule has 0 bridgehead atoms. The molecule has 1 aromatic rings. The molecule has 2 rings (SSSR count). The lowest BCUT2D eigenvalue weighted by Gasteiger charge is -2.14. The van der Waals surface area contributed by atoms with Gasteiger partial charge in [0, 0.05) is 11.4 Å². The Bertz CT molecular complexity index is 604. The average Bonchev–Trinajstić information content (AvgIpc) is 2.42. The van der Waals surface area contributed by atoms with Crippen LogP contribution in [0.1, 0.15) is 18.9 Å². The van der Waals surface area contributed by atoms with Crippen LogP contribution >= 0.6 is 12.6 Å². The Hall–Kier alpha value is -1.75. The predicted molar refractivity (Wildman–Crippen MR) is 75.4 cm³/mol. The molecule has 94 valence electrons. The third kappa shape index (κ3) is 2.13. The molecule has 1 aliphatic heterocycles. The van der Waals surface area contributed by atoms with Gasteiger partial charge in [-0.25, -0.2) is 0 Å². The van der Waals surface area contributed by atoms with Crippen LogP contribution < -0.4 is 16.2 Å². The number of rotatable bonds is 4. The molecule has 0 aromatic heterocycles. The third-order valence-electron chi connectivity index (χ3n) is 2.62. The quantitative estimate of drug-likeness (QED) is 0.642. The average molecular weight is 263 g/mol. The van der Waals surface area contributed by atoms with E-state index in [9.17, 15) is 9.59 Å². The second kappa shape index (κ2) is 5.27. The van der Waals surface area contributed by atoms with E-state index in [1.807, 2.05) is 6.92 Å². The Morgan fingerprint density at radius 3 is 2.56 bits per heavy atom. The van der Waals surface area contributed by atoms with Crippen LogP contribution in [0.5, 0.6) is 0 Å². The maximum atomic E-state index is 11.6. The van der Waals surface area contributed by atoms with E-state index in [0.717, 1.165) is 12.0 Å². The van der Waals surface area contributed by atoms with Crippen molar-refractivity contribution in [3.8, 4) is 0 Å². The summed E-state index contributed by atoms with van der Waals surface area (Å²) in [4.78, 5) is 23.6. The van der Waals surface area contributed by atoms with E-state index in [2.05, 4.69) is 17.9 Å². The number of allylic oxidation sites excluding steroid dienone is 3. The normalized spacial score (nSPS) is 13.8. The van der Waals surface area contributed by atoms with E-state index in [4.69, 9.17) is 4.74 Å². The summed E-state index contributed by atoms with van der Waals surface area (Å²) >= 11 is 4.33. The summed E-state index contributed by atoms with van der Waals surface area (Å²) in [6.07, 6.45) is 7.27. The maximum absolute atomic E-state index is 11.6. The zero-order valence-corrected chi connectivity index (χ0v) is 10.8. The summed E-state index contributed by atoms with van der Waals surface area (Å²) in [7, 11) is 0. The fourth-order valence-electron chi connectivity index (χ4n) is 1.66. The maximum Gasteiger partial charge on any atom is 0.250 e. The van der Waals surface area contributed by atoms with Gasteiger partial charge in [-0.05, 0) is 24.1 Å². The molecule has 0 radical (unpaired) electrons. The first-order valence-corrected chi connectivity index (χ1v) is 6.11. The molecule has 1 heterocycles. The smallest absolute Gasteiger partial charge is 0.250 e. The summed E-state index contributed by atoms with van der Waals surface area (Å²) < 4.78 is 4.91. The van der Waals surface area contributed by atoms with Crippen LogP contribution in [0.4, 0.5) is 5.69 Å². The fraction of sp³-hybridized carbons (Fsp3) is 0.231. The van der Waals surface area contributed by atoms with Crippen molar-refractivity contribution in [2.24, 2.45) is 0 Å². The lowest BCUT2D eigenvalue weighted by molar-refractivity contribution is 0.398. The van der Waals surface area contributed by atoms with Crippen molar-refractivity contribution in [1.29, 1.82) is 0 Å². The molecule has 5 heteroatoms. The fourth-order valence-corrected chi connectivity index (χ4v) is 2.03. The molecule has 0 unspecified atom stereocenters. The summed E-state index contributed by atoms with van der Waals surface area (Å²) in [5.74, 6) is 0. The minimum atomic E-state index is -0.487. The summed E-state index contributed by atoms with van der Waals surface area (Å²) in [5.41, 5.74) is 0.525. The molecular weight excluding hydrogens is 250 g/mol. The molecule has 18 heavy (non-hydrogen) atoms. The molecule has 1 aliphatic rings. The van der Waals surface area contributed by atoms with Gasteiger partial charge in [-0.3, -0.25) is 9.59 Å². The Labute approximate surface area is 110 Å². The molecule has 0 saturated heterocycles. The molecule has 0 fully saturated rings. The van der Waals surface area contributed by atoms with Crippen LogP contribution in [-0.2, 0) is 4.74 Å². The monoisotopic (exact) mass is 263 g/mol. The lowest BCUT2D eigenvalue weighted by atomic mass is 10.0. The molecule has 1 aromatic carbocycles. The summed E-state index contributed by atoms with van der Waals surface area (Å²) in [6, 6.07) is 0. The molecule has 0 aliphatic carbocycles. The number of nitrogens with one attached hydrogen (secondary N) is 1. The van der Waals surface area contributed by atoms with E-state index in [0.29, 0.717) is 22.7 Å². The zero-order chi connectivity index (χ0) is 13.1. The molecule has 0 atom stereocenters. The number of ether oxygens (including phenoxy) is 1. The minimum Gasteiger partial charge on any atom is -0.473 e. The van der Waals surface area contributed by atoms with Crippen molar-refractivity contribution in [3.05, 3.63) is 56.3 Å². The highest BCUT2D eigenvalue weighted by atomic mass is 32.1. The Morgan fingerprint density at radius 1 is 1.28 bits per heavy atom. The van der Waals surface area contributed by atoms with Crippen molar-refractivity contribution < 1.29 is 4.74 Å². The van der Waals surface area contributed by atoms with Gasteiger partial charge in [-0.15, -0.1) is 12.6 Å². The van der Waals surface area contributed by atoms with Crippen molar-refractivity contribution in [2.45, 2.75) is 13.3 Å². The van der Waals surface area contributed by atoms with E-state index in [1.54, 1.807) is 12.2 Å². The molecule has 0 amide bonds. The highest BCUT2D eigenvalue weighted by molar-refractivity contribution is 7.90. The van der Waals surface area contributed by atoms with Gasteiger partial charge >= 0.3 is 0 Å². The van der Waals surface area contributed by atoms with Crippen LogP contribution in [0.3, 0.4) is 0 Å². The lowest BCUT2D eigenvalue weighted by Crippen LogP contribution is -2.38. The number of hydrogen-bond donors (Lipinski definition) is 2. The number of hydrogen-bond acceptors (Lipinski definition) is 5. The second-order valence-electron chi connectivity index (χ2n) is 3.88. The van der Waals surface area contributed by atoms with Crippen LogP contribution in [0, 0.1) is 0 Å². The Kier molecular flexibility index (Phi) is 3.72. The summed E-state index contributed by atoms with van der Waals surface area (Å²) in [6.45, 7) is 2.64. The third-order valence-corrected chi connectivity index (χ3v) is 3.11. The van der Waals surface area contributed by atoms with Crippen LogP contribution in [0.2, 0.25) is 0 Å². The number of anilines is 1. The summed E-state index contributed by atoms with van der Waals surface area (Å²) in [5, 5.41) is 2.97. The second-order valence-corrected chi connectivity index (χ2v) is 4.33. The standard InChI is InChI=1S/C13H13NO3S/c1-2-5-14-10-9(11(15)12(10)16)13(18)8-3-6-17-7-4-8/h3-4,6-7,14,18H,2,5H2,1H3. The molecule has 0 spiro atoms. The first-order chi connectivity index (χ1) is 8.66. The SMILES string of the molecule is CCCNc1c(C(S)=C2C=COC=C2)c(=O)c1=O. The zero-order valence-electron chi connectivity index (χ0n) is 9.90.